The number of hydrogen-bond acceptors (Lipinski definition) is 4. The number of aromatic nitrogens is 4. The van der Waals surface area contributed by atoms with Crippen molar-refractivity contribution in [3.05, 3.63) is 152 Å². The Morgan fingerprint density at radius 3 is 1.05 bits per heavy atom. The number of carbonyl (C=O) groups excluding carboxylic acids is 1. The normalized spacial score (nSPS) is 12.7. The van der Waals surface area contributed by atoms with Crippen LogP contribution in [0.2, 0.25) is 40.2 Å². The van der Waals surface area contributed by atoms with E-state index in [0.717, 1.165) is 16.7 Å². The fourth-order valence-electron chi connectivity index (χ4n) is 7.97. The molecule has 332 valence electrons. The molecule has 66 heavy (non-hydrogen) atoms. The van der Waals surface area contributed by atoms with Crippen LogP contribution in [0.1, 0.15) is 39.5 Å². The lowest BCUT2D eigenvalue weighted by Gasteiger charge is -2.12. The number of rotatable bonds is 6. The molecule has 8 bridgehead atoms. The van der Waals surface area contributed by atoms with Gasteiger partial charge >= 0.3 is 0 Å². The largest absolute Gasteiger partial charge is 0.429 e. The van der Waals surface area contributed by atoms with Gasteiger partial charge in [-0.3, -0.25) is 4.79 Å². The fraction of sp³-hybridized carbons (Fsp3) is 0.0625. The lowest BCUT2D eigenvalue weighted by atomic mass is 10.0. The number of hydrogen-bond donors (Lipinski definition) is 2. The highest BCUT2D eigenvalue weighted by molar-refractivity contribution is 6.67. The molecule has 6 nitrogen and oxygen atoms in total. The molecule has 0 saturated heterocycles. The van der Waals surface area contributed by atoms with Gasteiger partial charge in [-0.15, -0.1) is 0 Å². The number of halogens is 12. The van der Waals surface area contributed by atoms with Gasteiger partial charge in [0.05, 0.1) is 105 Å². The van der Waals surface area contributed by atoms with Gasteiger partial charge in [-0.1, -0.05) is 181 Å². The maximum atomic E-state index is 11.3. The second-order valence-electron chi connectivity index (χ2n) is 15.2. The molecule has 18 heteroatoms. The monoisotopic (exact) mass is 1110 g/mol. The standard InChI is InChI=1S/C48H24Cl12N4O2/c1-17-4-6-20(7-5-17)27-41-33(53)37(57)45(61-41)31(29-23(49)12-18(2)13-24(29)50)47-39(59)35(55)43(63-47)28(21-8-10-22(11-9-21)66-16-65)44-36(56)40(60)48(64-44)32(46-38(58)34(54)42(27)62-46)30-25(51)14-19(3)15-26(30)52/h4-16,61,64H,1-3H3. The van der Waals surface area contributed by atoms with Crippen LogP contribution >= 0.6 is 139 Å². The SMILES string of the molecule is Cc1ccc(-c2c3nc(c(-c4c(Cl)cc(C)cc4Cl)c4[nH]c(c(Cl)c4Cl)c(-c4ccc(OC=O)cc4)c4nc(c(-c5c(Cl)cc(C)cc5Cl)c5[nH]c2c(Cl)c5Cl)C(Cl)=C4Cl)C(Cl)=C3Cl)cc1. The fourth-order valence-corrected chi connectivity index (χ4v) is 11.4. The number of ether oxygens (including phenoxy) is 1. The van der Waals surface area contributed by atoms with E-state index in [0.29, 0.717) is 39.9 Å². The molecule has 2 aliphatic rings. The number of carbonyl (C=O) groups is 1. The van der Waals surface area contributed by atoms with Crippen LogP contribution in [0.15, 0.2) is 72.8 Å². The molecule has 0 radical (unpaired) electrons. The lowest BCUT2D eigenvalue weighted by molar-refractivity contribution is -0.120. The zero-order chi connectivity index (χ0) is 47.2. The lowest BCUT2D eigenvalue weighted by Crippen LogP contribution is -1.93. The predicted octanol–water partition coefficient (Wildman–Crippen LogP) is 19.3. The van der Waals surface area contributed by atoms with Gasteiger partial charge in [0.1, 0.15) is 5.75 Å². The van der Waals surface area contributed by atoms with Gasteiger partial charge in [-0.2, -0.15) is 0 Å². The van der Waals surface area contributed by atoms with Gasteiger partial charge in [0.25, 0.3) is 6.47 Å². The van der Waals surface area contributed by atoms with Crippen molar-refractivity contribution in [2.75, 3.05) is 0 Å². The third-order valence-corrected chi connectivity index (χ3v) is 15.5. The third-order valence-electron chi connectivity index (χ3n) is 10.9. The van der Waals surface area contributed by atoms with Gasteiger partial charge in [-0.05, 0) is 79.4 Å². The van der Waals surface area contributed by atoms with Gasteiger partial charge in [-0.25, -0.2) is 9.97 Å². The van der Waals surface area contributed by atoms with Crippen molar-refractivity contribution >= 4 is 188 Å². The Kier molecular flexibility index (Phi) is 13.2. The van der Waals surface area contributed by atoms with Crippen LogP contribution in [-0.2, 0) is 4.79 Å². The van der Waals surface area contributed by atoms with Crippen molar-refractivity contribution in [2.45, 2.75) is 20.8 Å². The Hall–Kier alpha value is -3.57. The molecule has 0 spiro atoms. The zero-order valence-electron chi connectivity index (χ0n) is 33.8. The molecule has 4 aromatic carbocycles. The Labute approximate surface area is 436 Å². The van der Waals surface area contributed by atoms with Gasteiger partial charge < -0.3 is 14.7 Å². The second kappa shape index (κ2) is 18.4. The number of aryl methyl sites for hydroxylation is 3. The van der Waals surface area contributed by atoms with Gasteiger partial charge in [0.2, 0.25) is 0 Å². The summed E-state index contributed by atoms with van der Waals surface area (Å²) < 4.78 is 5.12. The van der Waals surface area contributed by atoms with E-state index in [-0.39, 0.29) is 122 Å². The van der Waals surface area contributed by atoms with E-state index in [1.165, 1.54) is 0 Å². The molecular weight excluding hydrogens is 1090 g/mol. The first-order chi connectivity index (χ1) is 31.4. The van der Waals surface area contributed by atoms with E-state index in [4.69, 9.17) is 154 Å². The summed E-state index contributed by atoms with van der Waals surface area (Å²) in [4.78, 5) is 28.6. The number of fused-ring (bicyclic) bond motifs is 8. The summed E-state index contributed by atoms with van der Waals surface area (Å²) in [6, 6.07) is 21.0. The van der Waals surface area contributed by atoms with Crippen molar-refractivity contribution in [3.8, 4) is 50.3 Å². The van der Waals surface area contributed by atoms with E-state index in [9.17, 15) is 4.79 Å². The van der Waals surface area contributed by atoms with Crippen molar-refractivity contribution < 1.29 is 9.53 Å². The molecule has 2 N–H and O–H groups in total. The first-order valence-corrected chi connectivity index (χ1v) is 23.8. The summed E-state index contributed by atoms with van der Waals surface area (Å²) in [6.45, 7) is 5.96. The Balaban J connectivity index is 1.64. The minimum absolute atomic E-state index is 0.00845. The van der Waals surface area contributed by atoms with Crippen molar-refractivity contribution in [1.82, 2.24) is 19.9 Å². The van der Waals surface area contributed by atoms with E-state index >= 15 is 0 Å². The van der Waals surface area contributed by atoms with Crippen LogP contribution in [-0.4, -0.2) is 26.4 Å². The second-order valence-corrected chi connectivity index (χ2v) is 19.8. The van der Waals surface area contributed by atoms with E-state index in [1.54, 1.807) is 48.5 Å². The quantitative estimate of drug-likeness (QED) is 0.163. The molecule has 9 rings (SSSR count). The zero-order valence-corrected chi connectivity index (χ0v) is 42.8. The first kappa shape index (κ1) is 47.5. The number of H-pyrrole nitrogens is 2. The van der Waals surface area contributed by atoms with E-state index in [1.807, 2.05) is 45.0 Å². The summed E-state index contributed by atoms with van der Waals surface area (Å²) in [6.07, 6.45) is 0. The minimum atomic E-state index is -0.0145. The molecule has 5 heterocycles. The van der Waals surface area contributed by atoms with E-state index in [2.05, 4.69) is 9.97 Å². The Bertz CT molecular complexity index is 3420. The number of benzene rings is 4. The molecule has 0 atom stereocenters. The molecule has 0 unspecified atom stereocenters. The molecule has 0 saturated carbocycles. The summed E-state index contributed by atoms with van der Waals surface area (Å²) in [7, 11) is 0. The molecule has 0 amide bonds. The predicted molar refractivity (Wildman–Crippen MR) is 281 cm³/mol. The third kappa shape index (κ3) is 7.99. The van der Waals surface area contributed by atoms with Crippen LogP contribution in [0, 0.1) is 20.8 Å². The van der Waals surface area contributed by atoms with Crippen LogP contribution in [0.5, 0.6) is 5.75 Å². The summed E-state index contributed by atoms with van der Waals surface area (Å²) >= 11 is 87.3. The topological polar surface area (TPSA) is 83.7 Å². The van der Waals surface area contributed by atoms with Crippen LogP contribution in [0.3, 0.4) is 0 Å². The molecular formula is C48H24Cl12N4O2. The van der Waals surface area contributed by atoms with Crippen molar-refractivity contribution in [2.24, 2.45) is 0 Å². The minimum Gasteiger partial charge on any atom is -0.429 e. The average molecular weight is 1110 g/mol. The van der Waals surface area contributed by atoms with Crippen LogP contribution < -0.4 is 4.74 Å². The Morgan fingerprint density at radius 2 is 0.712 bits per heavy atom. The molecule has 3 aromatic heterocycles. The summed E-state index contributed by atoms with van der Waals surface area (Å²) in [5.74, 6) is 0.248. The molecule has 7 aromatic rings. The highest BCUT2D eigenvalue weighted by Crippen LogP contribution is 2.54. The highest BCUT2D eigenvalue weighted by atomic mass is 35.5. The number of nitrogens with one attached hydrogen (secondary N) is 2. The summed E-state index contributed by atoms with van der Waals surface area (Å²) in [5.41, 5.74) is 6.83. The van der Waals surface area contributed by atoms with Crippen molar-refractivity contribution in [1.29, 1.82) is 0 Å². The smallest absolute Gasteiger partial charge is 0.298 e. The molecule has 0 aliphatic carbocycles. The highest BCUT2D eigenvalue weighted by Gasteiger charge is 2.33. The van der Waals surface area contributed by atoms with Gasteiger partial charge in [0, 0.05) is 33.4 Å². The van der Waals surface area contributed by atoms with Crippen molar-refractivity contribution in [3.63, 3.8) is 0 Å². The number of nitrogens with zero attached hydrogens (tertiary/aromatic N) is 2. The summed E-state index contributed by atoms with van der Waals surface area (Å²) in [5, 5.41) is 1.11. The average Bonchev–Trinajstić information content (AvgIpc) is 3.92. The maximum Gasteiger partial charge on any atom is 0.298 e. The van der Waals surface area contributed by atoms with Gasteiger partial charge in [0.15, 0.2) is 0 Å². The molecule has 2 aliphatic heterocycles. The molecule has 0 fully saturated rings. The Morgan fingerprint density at radius 1 is 0.409 bits per heavy atom. The number of aromatic amines is 2. The van der Waals surface area contributed by atoms with Crippen LogP contribution in [0.25, 0.3) is 86.7 Å². The van der Waals surface area contributed by atoms with E-state index < -0.39 is 0 Å². The van der Waals surface area contributed by atoms with Crippen LogP contribution in [0.4, 0.5) is 0 Å². The first-order valence-electron chi connectivity index (χ1n) is 19.3. The maximum absolute atomic E-state index is 11.3.